The molecular formula is C10H11ClO3. The summed E-state index contributed by atoms with van der Waals surface area (Å²) in [6.45, 7) is 2.08. The molecule has 1 aromatic rings. The van der Waals surface area contributed by atoms with E-state index in [0.717, 1.165) is 11.1 Å². The van der Waals surface area contributed by atoms with Gasteiger partial charge in [0.05, 0.1) is 7.11 Å². The van der Waals surface area contributed by atoms with E-state index in [4.69, 9.17) is 16.3 Å². The van der Waals surface area contributed by atoms with Gasteiger partial charge in [-0.25, -0.2) is 4.79 Å². The number of aryl methyl sites for hydroxylation is 1. The second kappa shape index (κ2) is 4.86. The van der Waals surface area contributed by atoms with E-state index in [-0.39, 0.29) is 6.61 Å². The quantitative estimate of drug-likeness (QED) is 0.726. The van der Waals surface area contributed by atoms with Crippen molar-refractivity contribution in [3.05, 3.63) is 29.3 Å². The summed E-state index contributed by atoms with van der Waals surface area (Å²) < 4.78 is 9.77. The number of hydrogen-bond acceptors (Lipinski definition) is 3. The molecule has 0 fully saturated rings. The predicted octanol–water partition coefficient (Wildman–Crippen LogP) is 2.88. The van der Waals surface area contributed by atoms with Crippen LogP contribution in [0.15, 0.2) is 18.2 Å². The van der Waals surface area contributed by atoms with Gasteiger partial charge in [-0.1, -0.05) is 11.6 Å². The molecule has 0 amide bonds. The smallest absolute Gasteiger partial charge is 0.404 e. The van der Waals surface area contributed by atoms with Crippen LogP contribution in [-0.2, 0) is 11.3 Å². The summed E-state index contributed by atoms with van der Waals surface area (Å²) in [5.74, 6) is 0.688. The first-order chi connectivity index (χ1) is 6.63. The normalized spacial score (nSPS) is 9.64. The van der Waals surface area contributed by atoms with Crippen molar-refractivity contribution in [1.82, 2.24) is 0 Å². The van der Waals surface area contributed by atoms with Gasteiger partial charge in [-0.3, -0.25) is 0 Å². The molecule has 0 aliphatic heterocycles. The number of rotatable bonds is 3. The zero-order chi connectivity index (χ0) is 10.6. The number of ether oxygens (including phenoxy) is 2. The standard InChI is InChI=1S/C10H11ClO3/c1-7-3-4-9(13-2)8(5-7)6-14-10(11)12/h3-5H,6H2,1-2H3. The summed E-state index contributed by atoms with van der Waals surface area (Å²) >= 11 is 5.06. The minimum Gasteiger partial charge on any atom is -0.496 e. The van der Waals surface area contributed by atoms with Gasteiger partial charge < -0.3 is 9.47 Å². The third-order valence-corrected chi connectivity index (χ3v) is 1.89. The molecule has 0 aromatic heterocycles. The molecule has 0 saturated heterocycles. The molecule has 0 saturated carbocycles. The Labute approximate surface area is 87.6 Å². The predicted molar refractivity (Wildman–Crippen MR) is 53.8 cm³/mol. The number of carbonyl (C=O) groups is 1. The average Bonchev–Trinajstić information content (AvgIpc) is 2.15. The van der Waals surface area contributed by atoms with E-state index in [9.17, 15) is 4.79 Å². The molecule has 0 atom stereocenters. The van der Waals surface area contributed by atoms with Crippen LogP contribution >= 0.6 is 11.6 Å². The van der Waals surface area contributed by atoms with Crippen molar-refractivity contribution in [2.24, 2.45) is 0 Å². The summed E-state index contributed by atoms with van der Waals surface area (Å²) in [5.41, 5.74) is 1.07. The minimum absolute atomic E-state index is 0.132. The van der Waals surface area contributed by atoms with Gasteiger partial charge in [-0.05, 0) is 19.1 Å². The van der Waals surface area contributed by atoms with Crippen molar-refractivity contribution in [2.75, 3.05) is 7.11 Å². The highest BCUT2D eigenvalue weighted by Gasteiger charge is 2.05. The monoisotopic (exact) mass is 214 g/mol. The topological polar surface area (TPSA) is 35.5 Å². The van der Waals surface area contributed by atoms with Gasteiger partial charge in [0.25, 0.3) is 0 Å². The largest absolute Gasteiger partial charge is 0.496 e. The molecule has 0 aliphatic rings. The molecule has 4 heteroatoms. The van der Waals surface area contributed by atoms with E-state index in [1.54, 1.807) is 7.11 Å². The third kappa shape index (κ3) is 2.92. The van der Waals surface area contributed by atoms with Crippen LogP contribution in [0.2, 0.25) is 0 Å². The molecule has 0 bridgehead atoms. The van der Waals surface area contributed by atoms with Crippen LogP contribution in [0.3, 0.4) is 0 Å². The number of halogens is 1. The molecule has 1 rings (SSSR count). The summed E-state index contributed by atoms with van der Waals surface area (Å²) in [6, 6.07) is 5.64. The van der Waals surface area contributed by atoms with Crippen LogP contribution in [0.1, 0.15) is 11.1 Å². The highest BCUT2D eigenvalue weighted by Crippen LogP contribution is 2.20. The molecule has 1 aromatic carbocycles. The van der Waals surface area contributed by atoms with Crippen molar-refractivity contribution in [2.45, 2.75) is 13.5 Å². The summed E-state index contributed by atoms with van der Waals surface area (Å²) in [7, 11) is 1.57. The lowest BCUT2D eigenvalue weighted by atomic mass is 10.1. The van der Waals surface area contributed by atoms with Gasteiger partial charge in [0, 0.05) is 17.2 Å². The molecule has 0 radical (unpaired) electrons. The third-order valence-electron chi connectivity index (χ3n) is 1.78. The SMILES string of the molecule is COc1ccc(C)cc1COC(=O)Cl. The maximum absolute atomic E-state index is 10.4. The number of hydrogen-bond donors (Lipinski definition) is 0. The summed E-state index contributed by atoms with van der Waals surface area (Å²) in [4.78, 5) is 10.4. The number of carbonyl (C=O) groups excluding carboxylic acids is 1. The first-order valence-corrected chi connectivity index (χ1v) is 4.47. The Hall–Kier alpha value is -1.22. The van der Waals surface area contributed by atoms with Crippen LogP contribution in [-0.4, -0.2) is 12.5 Å². The molecule has 14 heavy (non-hydrogen) atoms. The Morgan fingerprint density at radius 1 is 1.50 bits per heavy atom. The Morgan fingerprint density at radius 2 is 2.21 bits per heavy atom. The van der Waals surface area contributed by atoms with Crippen LogP contribution in [0, 0.1) is 6.92 Å². The molecule has 0 unspecified atom stereocenters. The molecular weight excluding hydrogens is 204 g/mol. The van der Waals surface area contributed by atoms with Crippen molar-refractivity contribution in [3.63, 3.8) is 0 Å². The average molecular weight is 215 g/mol. The van der Waals surface area contributed by atoms with Crippen molar-refractivity contribution >= 4 is 17.0 Å². The van der Waals surface area contributed by atoms with Gasteiger partial charge >= 0.3 is 5.43 Å². The van der Waals surface area contributed by atoms with E-state index in [2.05, 4.69) is 4.74 Å². The fourth-order valence-corrected chi connectivity index (χ4v) is 1.21. The van der Waals surface area contributed by atoms with Crippen LogP contribution < -0.4 is 4.74 Å². The van der Waals surface area contributed by atoms with Crippen molar-refractivity contribution in [3.8, 4) is 5.75 Å². The lowest BCUT2D eigenvalue weighted by Gasteiger charge is -2.08. The lowest BCUT2D eigenvalue weighted by molar-refractivity contribution is 0.166. The number of methoxy groups -OCH3 is 1. The first kappa shape index (κ1) is 10.9. The van der Waals surface area contributed by atoms with Crippen molar-refractivity contribution in [1.29, 1.82) is 0 Å². The lowest BCUT2D eigenvalue weighted by Crippen LogP contribution is -1.98. The van der Waals surface area contributed by atoms with Crippen LogP contribution in [0.25, 0.3) is 0 Å². The van der Waals surface area contributed by atoms with Gasteiger partial charge in [0.1, 0.15) is 12.4 Å². The molecule has 0 N–H and O–H groups in total. The van der Waals surface area contributed by atoms with E-state index in [1.165, 1.54) is 0 Å². The molecule has 0 heterocycles. The van der Waals surface area contributed by atoms with Gasteiger partial charge in [0.2, 0.25) is 0 Å². The highest BCUT2D eigenvalue weighted by molar-refractivity contribution is 6.61. The van der Waals surface area contributed by atoms with Crippen LogP contribution in [0.5, 0.6) is 5.75 Å². The van der Waals surface area contributed by atoms with E-state index in [1.807, 2.05) is 25.1 Å². The van der Waals surface area contributed by atoms with Crippen molar-refractivity contribution < 1.29 is 14.3 Å². The fourth-order valence-electron chi connectivity index (χ4n) is 1.15. The minimum atomic E-state index is -0.812. The number of benzene rings is 1. The van der Waals surface area contributed by atoms with E-state index < -0.39 is 5.43 Å². The molecule has 76 valence electrons. The maximum Gasteiger partial charge on any atom is 0.404 e. The van der Waals surface area contributed by atoms with E-state index in [0.29, 0.717) is 5.75 Å². The van der Waals surface area contributed by atoms with Crippen LogP contribution in [0.4, 0.5) is 4.79 Å². The Bertz CT molecular complexity index is 336. The fraction of sp³-hybridized carbons (Fsp3) is 0.300. The van der Waals surface area contributed by atoms with Gasteiger partial charge in [-0.15, -0.1) is 0 Å². The second-order valence-electron chi connectivity index (χ2n) is 2.84. The summed E-state index contributed by atoms with van der Waals surface area (Å²) in [6.07, 6.45) is 0. The maximum atomic E-state index is 10.4. The highest BCUT2D eigenvalue weighted by atomic mass is 35.5. The Balaban J connectivity index is 2.82. The van der Waals surface area contributed by atoms with Gasteiger partial charge in [0.15, 0.2) is 0 Å². The Kier molecular flexibility index (Phi) is 3.77. The second-order valence-corrected chi connectivity index (χ2v) is 3.15. The molecule has 0 aliphatic carbocycles. The molecule has 0 spiro atoms. The van der Waals surface area contributed by atoms with Gasteiger partial charge in [-0.2, -0.15) is 0 Å². The summed E-state index contributed by atoms with van der Waals surface area (Å²) in [5, 5.41) is 0. The molecule has 3 nitrogen and oxygen atoms in total. The zero-order valence-electron chi connectivity index (χ0n) is 8.04. The van der Waals surface area contributed by atoms with E-state index >= 15 is 0 Å². The Morgan fingerprint density at radius 3 is 2.79 bits per heavy atom. The first-order valence-electron chi connectivity index (χ1n) is 4.09. The zero-order valence-corrected chi connectivity index (χ0v) is 8.80.